The molecule has 84 valence electrons. The van der Waals surface area contributed by atoms with Crippen molar-refractivity contribution in [3.8, 4) is 0 Å². The molecule has 4 heteroatoms. The fourth-order valence-corrected chi connectivity index (χ4v) is 2.41. The molecule has 1 saturated carbocycles. The SMILES string of the molecule is Cl.NC1CCC(N2CCOCC2)CC1. The van der Waals surface area contributed by atoms with E-state index >= 15 is 0 Å². The van der Waals surface area contributed by atoms with Crippen LogP contribution >= 0.6 is 12.4 Å². The molecule has 2 rings (SSSR count). The van der Waals surface area contributed by atoms with E-state index in [0.29, 0.717) is 6.04 Å². The van der Waals surface area contributed by atoms with E-state index in [1.54, 1.807) is 0 Å². The van der Waals surface area contributed by atoms with Gasteiger partial charge in [-0.3, -0.25) is 4.90 Å². The van der Waals surface area contributed by atoms with Crippen molar-refractivity contribution in [1.29, 1.82) is 0 Å². The third-order valence-electron chi connectivity index (χ3n) is 3.30. The molecule has 2 aliphatic rings. The van der Waals surface area contributed by atoms with E-state index in [-0.39, 0.29) is 12.4 Å². The van der Waals surface area contributed by atoms with Crippen LogP contribution in [0.2, 0.25) is 0 Å². The minimum Gasteiger partial charge on any atom is -0.379 e. The molecule has 0 atom stereocenters. The van der Waals surface area contributed by atoms with Crippen molar-refractivity contribution in [3.05, 3.63) is 0 Å². The van der Waals surface area contributed by atoms with Gasteiger partial charge in [-0.05, 0) is 25.7 Å². The molecular formula is C10H21ClN2O. The van der Waals surface area contributed by atoms with Gasteiger partial charge < -0.3 is 10.5 Å². The standard InChI is InChI=1S/C10H20N2O.ClH/c11-9-1-3-10(4-2-9)12-5-7-13-8-6-12;/h9-10H,1-8,11H2;1H. The van der Waals surface area contributed by atoms with E-state index in [2.05, 4.69) is 4.90 Å². The Labute approximate surface area is 92.4 Å². The number of hydrogen-bond donors (Lipinski definition) is 1. The number of nitrogens with two attached hydrogens (primary N) is 1. The maximum atomic E-state index is 5.88. The molecular weight excluding hydrogens is 200 g/mol. The van der Waals surface area contributed by atoms with Crippen LogP contribution < -0.4 is 5.73 Å². The Balaban J connectivity index is 0.000000980. The van der Waals surface area contributed by atoms with Crippen LogP contribution in [-0.2, 0) is 4.74 Å². The first-order valence-electron chi connectivity index (χ1n) is 5.43. The molecule has 2 fully saturated rings. The molecule has 0 spiro atoms. The largest absolute Gasteiger partial charge is 0.379 e. The highest BCUT2D eigenvalue weighted by atomic mass is 35.5. The number of rotatable bonds is 1. The lowest BCUT2D eigenvalue weighted by atomic mass is 9.90. The monoisotopic (exact) mass is 220 g/mol. The normalized spacial score (nSPS) is 34.9. The second kappa shape index (κ2) is 5.91. The van der Waals surface area contributed by atoms with Gasteiger partial charge in [0.2, 0.25) is 0 Å². The van der Waals surface area contributed by atoms with Crippen molar-refractivity contribution in [2.45, 2.75) is 37.8 Å². The zero-order valence-electron chi connectivity index (χ0n) is 8.65. The zero-order valence-corrected chi connectivity index (χ0v) is 9.47. The Morgan fingerprint density at radius 3 is 2.14 bits per heavy atom. The van der Waals surface area contributed by atoms with E-state index in [4.69, 9.17) is 10.5 Å². The number of morpholine rings is 1. The lowest BCUT2D eigenvalue weighted by Gasteiger charge is -2.38. The molecule has 0 amide bonds. The van der Waals surface area contributed by atoms with E-state index < -0.39 is 0 Å². The van der Waals surface area contributed by atoms with Gasteiger partial charge in [-0.15, -0.1) is 12.4 Å². The Kier molecular flexibility index (Phi) is 5.17. The summed E-state index contributed by atoms with van der Waals surface area (Å²) in [4.78, 5) is 2.58. The molecule has 0 aromatic carbocycles. The molecule has 0 radical (unpaired) electrons. The first kappa shape index (κ1) is 12.2. The van der Waals surface area contributed by atoms with Gasteiger partial charge in [0.15, 0.2) is 0 Å². The Morgan fingerprint density at radius 2 is 1.57 bits per heavy atom. The predicted octanol–water partition coefficient (Wildman–Crippen LogP) is 1.01. The van der Waals surface area contributed by atoms with E-state index in [1.807, 2.05) is 0 Å². The summed E-state index contributed by atoms with van der Waals surface area (Å²) in [6.45, 7) is 4.09. The van der Waals surface area contributed by atoms with Crippen molar-refractivity contribution in [2.75, 3.05) is 26.3 Å². The van der Waals surface area contributed by atoms with Gasteiger partial charge in [0, 0.05) is 25.2 Å². The molecule has 14 heavy (non-hydrogen) atoms. The van der Waals surface area contributed by atoms with Crippen LogP contribution in [0, 0.1) is 0 Å². The van der Waals surface area contributed by atoms with Gasteiger partial charge in [0.05, 0.1) is 13.2 Å². The average Bonchev–Trinajstić information content (AvgIpc) is 2.20. The summed E-state index contributed by atoms with van der Waals surface area (Å²) in [5, 5.41) is 0. The molecule has 3 nitrogen and oxygen atoms in total. The minimum atomic E-state index is 0. The highest BCUT2D eigenvalue weighted by Crippen LogP contribution is 2.22. The molecule has 0 aromatic rings. The van der Waals surface area contributed by atoms with Crippen LogP contribution in [0.25, 0.3) is 0 Å². The third-order valence-corrected chi connectivity index (χ3v) is 3.30. The lowest BCUT2D eigenvalue weighted by molar-refractivity contribution is 0.00749. The van der Waals surface area contributed by atoms with Gasteiger partial charge in [-0.1, -0.05) is 0 Å². The quantitative estimate of drug-likeness (QED) is 0.717. The van der Waals surface area contributed by atoms with Crippen molar-refractivity contribution < 1.29 is 4.74 Å². The van der Waals surface area contributed by atoms with Crippen molar-refractivity contribution >= 4 is 12.4 Å². The van der Waals surface area contributed by atoms with Crippen molar-refractivity contribution in [2.24, 2.45) is 5.73 Å². The van der Waals surface area contributed by atoms with Crippen LogP contribution in [-0.4, -0.2) is 43.3 Å². The molecule has 1 saturated heterocycles. The van der Waals surface area contributed by atoms with E-state index in [1.165, 1.54) is 25.7 Å². The first-order valence-corrected chi connectivity index (χ1v) is 5.43. The summed E-state index contributed by atoms with van der Waals surface area (Å²) >= 11 is 0. The topological polar surface area (TPSA) is 38.5 Å². The van der Waals surface area contributed by atoms with Crippen LogP contribution in [0.5, 0.6) is 0 Å². The van der Waals surface area contributed by atoms with Gasteiger partial charge in [0.1, 0.15) is 0 Å². The molecule has 0 bridgehead atoms. The number of nitrogens with zero attached hydrogens (tertiary/aromatic N) is 1. The highest BCUT2D eigenvalue weighted by Gasteiger charge is 2.25. The van der Waals surface area contributed by atoms with Gasteiger partial charge >= 0.3 is 0 Å². The zero-order chi connectivity index (χ0) is 9.10. The van der Waals surface area contributed by atoms with Gasteiger partial charge in [-0.25, -0.2) is 0 Å². The molecule has 0 aromatic heterocycles. The average molecular weight is 221 g/mol. The van der Waals surface area contributed by atoms with Crippen LogP contribution in [0.3, 0.4) is 0 Å². The van der Waals surface area contributed by atoms with Crippen LogP contribution in [0.15, 0.2) is 0 Å². The number of hydrogen-bond acceptors (Lipinski definition) is 3. The Bertz CT molecular complexity index is 154. The summed E-state index contributed by atoms with van der Waals surface area (Å²) < 4.78 is 5.35. The summed E-state index contributed by atoms with van der Waals surface area (Å²) in [5.41, 5.74) is 5.88. The Morgan fingerprint density at radius 1 is 1.00 bits per heavy atom. The molecule has 2 N–H and O–H groups in total. The van der Waals surface area contributed by atoms with Gasteiger partial charge in [-0.2, -0.15) is 0 Å². The maximum absolute atomic E-state index is 5.88. The second-order valence-corrected chi connectivity index (χ2v) is 4.22. The summed E-state index contributed by atoms with van der Waals surface area (Å²) in [5.74, 6) is 0. The van der Waals surface area contributed by atoms with Crippen LogP contribution in [0.4, 0.5) is 0 Å². The van der Waals surface area contributed by atoms with E-state index in [9.17, 15) is 0 Å². The fourth-order valence-electron chi connectivity index (χ4n) is 2.41. The fraction of sp³-hybridized carbons (Fsp3) is 1.00. The smallest absolute Gasteiger partial charge is 0.0594 e. The first-order chi connectivity index (χ1) is 6.36. The molecule has 1 aliphatic carbocycles. The molecule has 1 aliphatic heterocycles. The maximum Gasteiger partial charge on any atom is 0.0594 e. The van der Waals surface area contributed by atoms with E-state index in [0.717, 1.165) is 32.3 Å². The predicted molar refractivity (Wildman–Crippen MR) is 59.9 cm³/mol. The summed E-state index contributed by atoms with van der Waals surface area (Å²) in [6, 6.07) is 1.26. The second-order valence-electron chi connectivity index (χ2n) is 4.22. The van der Waals surface area contributed by atoms with Crippen molar-refractivity contribution in [1.82, 2.24) is 4.90 Å². The van der Waals surface area contributed by atoms with Gasteiger partial charge in [0.25, 0.3) is 0 Å². The molecule has 0 unspecified atom stereocenters. The van der Waals surface area contributed by atoms with Crippen molar-refractivity contribution in [3.63, 3.8) is 0 Å². The third kappa shape index (κ3) is 3.09. The summed E-state index contributed by atoms with van der Waals surface area (Å²) in [7, 11) is 0. The molecule has 1 heterocycles. The minimum absolute atomic E-state index is 0. The summed E-state index contributed by atoms with van der Waals surface area (Å²) in [6.07, 6.45) is 5.01. The highest BCUT2D eigenvalue weighted by molar-refractivity contribution is 5.85. The van der Waals surface area contributed by atoms with Crippen LogP contribution in [0.1, 0.15) is 25.7 Å². The lowest BCUT2D eigenvalue weighted by Crippen LogP contribution is -2.46. The number of halogens is 1. The Hall–Kier alpha value is 0.170. The number of ether oxygens (including phenoxy) is 1.